The van der Waals surface area contributed by atoms with Crippen LogP contribution in [-0.2, 0) is 9.53 Å². The van der Waals surface area contributed by atoms with E-state index in [4.69, 9.17) is 11.2 Å². The van der Waals surface area contributed by atoms with E-state index >= 15 is 0 Å². The molecule has 1 rings (SSSR count). The molecule has 3 nitrogen and oxygen atoms in total. The number of carbonyl (C=O) groups is 1. The molecule has 0 bridgehead atoms. The van der Waals surface area contributed by atoms with Crippen LogP contribution in [0.4, 0.5) is 0 Å². The van der Waals surface area contributed by atoms with Crippen molar-refractivity contribution in [3.05, 3.63) is 0 Å². The molecule has 78 valence electrons. The lowest BCUT2D eigenvalue weighted by Crippen LogP contribution is -2.35. The van der Waals surface area contributed by atoms with Gasteiger partial charge in [-0.25, -0.2) is 0 Å². The van der Waals surface area contributed by atoms with Gasteiger partial charge in [-0.3, -0.25) is 4.79 Å². The molecule has 0 heterocycles. The highest BCUT2D eigenvalue weighted by molar-refractivity contribution is 5.76. The Hall–Kier alpha value is -1.01. The topological polar surface area (TPSA) is 38.3 Å². The van der Waals surface area contributed by atoms with Crippen LogP contribution in [0, 0.1) is 18.3 Å². The van der Waals surface area contributed by atoms with Crippen LogP contribution in [0.15, 0.2) is 0 Å². The van der Waals surface area contributed by atoms with Gasteiger partial charge in [-0.1, -0.05) is 5.92 Å². The lowest BCUT2D eigenvalue weighted by Gasteiger charge is -2.34. The maximum absolute atomic E-state index is 11.2. The third-order valence-corrected chi connectivity index (χ3v) is 2.46. The van der Waals surface area contributed by atoms with Crippen LogP contribution in [0.25, 0.3) is 0 Å². The molecule has 0 unspecified atom stereocenters. The first-order chi connectivity index (χ1) is 6.76. The van der Waals surface area contributed by atoms with E-state index in [0.29, 0.717) is 25.0 Å². The minimum Gasteiger partial charge on any atom is -0.378 e. The summed E-state index contributed by atoms with van der Waals surface area (Å²) in [7, 11) is 0. The number of hydrogen-bond acceptors (Lipinski definition) is 2. The van der Waals surface area contributed by atoms with E-state index in [9.17, 15) is 4.79 Å². The second-order valence-corrected chi connectivity index (χ2v) is 3.60. The summed E-state index contributed by atoms with van der Waals surface area (Å²) in [6, 6.07) is 0. The summed E-state index contributed by atoms with van der Waals surface area (Å²) in [6.45, 7) is 3.09. The molecule has 1 aliphatic rings. The van der Waals surface area contributed by atoms with Gasteiger partial charge in [0.2, 0.25) is 5.91 Å². The Kier molecular flexibility index (Phi) is 4.48. The Morgan fingerprint density at radius 2 is 2.36 bits per heavy atom. The molecule has 3 heteroatoms. The van der Waals surface area contributed by atoms with Gasteiger partial charge in [0.1, 0.15) is 0 Å². The maximum Gasteiger partial charge on any atom is 0.221 e. The summed E-state index contributed by atoms with van der Waals surface area (Å²) in [4.78, 5) is 11.2. The first-order valence-corrected chi connectivity index (χ1v) is 5.08. The zero-order valence-corrected chi connectivity index (χ0v) is 8.58. The van der Waals surface area contributed by atoms with Crippen molar-refractivity contribution in [3.8, 4) is 12.3 Å². The molecule has 0 aromatic rings. The Balaban J connectivity index is 2.05. The van der Waals surface area contributed by atoms with Crippen LogP contribution in [0.3, 0.4) is 0 Å². The van der Waals surface area contributed by atoms with Crippen molar-refractivity contribution in [2.24, 2.45) is 5.92 Å². The second-order valence-electron chi connectivity index (χ2n) is 3.60. The van der Waals surface area contributed by atoms with Gasteiger partial charge < -0.3 is 10.1 Å². The van der Waals surface area contributed by atoms with Crippen molar-refractivity contribution in [1.82, 2.24) is 5.32 Å². The van der Waals surface area contributed by atoms with Gasteiger partial charge in [0, 0.05) is 13.0 Å². The number of carbonyl (C=O) groups excluding carboxylic acids is 1. The fourth-order valence-corrected chi connectivity index (χ4v) is 1.70. The van der Waals surface area contributed by atoms with E-state index in [1.807, 2.05) is 6.92 Å². The highest BCUT2D eigenvalue weighted by Crippen LogP contribution is 2.32. The van der Waals surface area contributed by atoms with Crippen molar-refractivity contribution in [1.29, 1.82) is 0 Å². The van der Waals surface area contributed by atoms with E-state index in [1.165, 1.54) is 0 Å². The molecule has 1 saturated carbocycles. The minimum absolute atomic E-state index is 0.0582. The quantitative estimate of drug-likeness (QED) is 0.663. The lowest BCUT2D eigenvalue weighted by atomic mass is 9.80. The maximum atomic E-state index is 11.2. The number of rotatable bonds is 5. The molecule has 14 heavy (non-hydrogen) atoms. The normalized spacial score (nSPS) is 24.9. The fourth-order valence-electron chi connectivity index (χ4n) is 1.70. The zero-order valence-electron chi connectivity index (χ0n) is 8.58. The predicted molar refractivity (Wildman–Crippen MR) is 54.6 cm³/mol. The van der Waals surface area contributed by atoms with E-state index in [2.05, 4.69) is 11.2 Å². The first kappa shape index (κ1) is 11.1. The average molecular weight is 195 g/mol. The van der Waals surface area contributed by atoms with Gasteiger partial charge in [-0.15, -0.1) is 6.42 Å². The highest BCUT2D eigenvalue weighted by Gasteiger charge is 2.30. The molecular weight excluding hydrogens is 178 g/mol. The molecular formula is C11H17NO2. The second kappa shape index (κ2) is 5.66. The molecule has 1 N–H and O–H groups in total. The fraction of sp³-hybridized carbons (Fsp3) is 0.727. The van der Waals surface area contributed by atoms with E-state index in [-0.39, 0.29) is 5.91 Å². The van der Waals surface area contributed by atoms with Crippen molar-refractivity contribution < 1.29 is 9.53 Å². The highest BCUT2D eigenvalue weighted by atomic mass is 16.5. The van der Waals surface area contributed by atoms with Crippen LogP contribution < -0.4 is 5.32 Å². The third-order valence-electron chi connectivity index (χ3n) is 2.46. The third kappa shape index (κ3) is 3.39. The van der Waals surface area contributed by atoms with E-state index in [1.54, 1.807) is 0 Å². The van der Waals surface area contributed by atoms with E-state index < -0.39 is 0 Å². The van der Waals surface area contributed by atoms with Crippen molar-refractivity contribution in [2.45, 2.75) is 32.3 Å². The van der Waals surface area contributed by atoms with Gasteiger partial charge >= 0.3 is 0 Å². The van der Waals surface area contributed by atoms with Gasteiger partial charge in [0.15, 0.2) is 0 Å². The largest absolute Gasteiger partial charge is 0.378 e. The number of nitrogens with one attached hydrogen (secondary N) is 1. The van der Waals surface area contributed by atoms with E-state index in [0.717, 1.165) is 19.4 Å². The Bertz CT molecular complexity index is 226. The monoisotopic (exact) mass is 195 g/mol. The average Bonchev–Trinajstić information content (AvgIpc) is 2.11. The zero-order chi connectivity index (χ0) is 10.4. The summed E-state index contributed by atoms with van der Waals surface area (Å²) in [5, 5.41) is 2.66. The van der Waals surface area contributed by atoms with Crippen molar-refractivity contribution >= 4 is 5.91 Å². The van der Waals surface area contributed by atoms with Crippen LogP contribution in [0.2, 0.25) is 0 Å². The summed E-state index contributed by atoms with van der Waals surface area (Å²) >= 11 is 0. The van der Waals surface area contributed by atoms with Crippen LogP contribution in [0.5, 0.6) is 0 Å². The van der Waals surface area contributed by atoms with Crippen LogP contribution in [0.1, 0.15) is 26.2 Å². The number of amides is 1. The Morgan fingerprint density at radius 1 is 1.64 bits per heavy atom. The van der Waals surface area contributed by atoms with Gasteiger partial charge in [0.25, 0.3) is 0 Å². The summed E-state index contributed by atoms with van der Waals surface area (Å²) in [5.41, 5.74) is 0. The molecule has 1 fully saturated rings. The van der Waals surface area contributed by atoms with Gasteiger partial charge in [0.05, 0.1) is 12.6 Å². The van der Waals surface area contributed by atoms with Crippen molar-refractivity contribution in [3.63, 3.8) is 0 Å². The minimum atomic E-state index is 0.0582. The van der Waals surface area contributed by atoms with Gasteiger partial charge in [-0.05, 0) is 25.7 Å². The molecule has 1 aliphatic carbocycles. The molecule has 0 aromatic carbocycles. The molecule has 0 radical (unpaired) electrons. The molecule has 0 aromatic heterocycles. The molecule has 0 aliphatic heterocycles. The summed E-state index contributed by atoms with van der Waals surface area (Å²) in [5.74, 6) is 2.93. The molecule has 1 amide bonds. The predicted octanol–water partition coefficient (Wildman–Crippen LogP) is 0.941. The molecule has 0 spiro atoms. The van der Waals surface area contributed by atoms with Gasteiger partial charge in [-0.2, -0.15) is 0 Å². The number of terminal acetylenes is 1. The number of hydrogen-bond donors (Lipinski definition) is 1. The first-order valence-electron chi connectivity index (χ1n) is 5.08. The Labute approximate surface area is 85.2 Å². The van der Waals surface area contributed by atoms with Crippen LogP contribution >= 0.6 is 0 Å². The van der Waals surface area contributed by atoms with Crippen LogP contribution in [-0.4, -0.2) is 25.2 Å². The summed E-state index contributed by atoms with van der Waals surface area (Å²) in [6.07, 6.45) is 8.02. The molecule has 0 atom stereocenters. The SMILES string of the molecule is C#CCNC(=O)CC1CC(OCC)C1. The number of ether oxygens (including phenoxy) is 1. The van der Waals surface area contributed by atoms with Crippen molar-refractivity contribution in [2.75, 3.05) is 13.2 Å². The molecule has 0 saturated heterocycles. The summed E-state index contributed by atoms with van der Waals surface area (Å²) < 4.78 is 5.41. The lowest BCUT2D eigenvalue weighted by molar-refractivity contribution is -0.124. The Morgan fingerprint density at radius 3 is 2.93 bits per heavy atom. The standard InChI is InChI=1S/C11H17NO2/c1-3-5-12-11(13)8-9-6-10(7-9)14-4-2/h1,9-10H,4-8H2,2H3,(H,12,13). The smallest absolute Gasteiger partial charge is 0.221 e.